The Hall–Kier alpha value is -2.07. The summed E-state index contributed by atoms with van der Waals surface area (Å²) in [5.41, 5.74) is 0.903. The van der Waals surface area contributed by atoms with Gasteiger partial charge in [-0.25, -0.2) is 0 Å². The van der Waals surface area contributed by atoms with Gasteiger partial charge in [-0.1, -0.05) is 23.7 Å². The Bertz CT molecular complexity index is 709. The number of aromatic nitrogens is 1. The van der Waals surface area contributed by atoms with E-state index in [4.69, 9.17) is 11.6 Å². The Morgan fingerprint density at radius 1 is 1.24 bits per heavy atom. The molecule has 0 radical (unpaired) electrons. The molecule has 0 spiro atoms. The molecule has 1 N–H and O–H groups in total. The predicted octanol–water partition coefficient (Wildman–Crippen LogP) is 3.01. The van der Waals surface area contributed by atoms with Crippen molar-refractivity contribution in [3.63, 3.8) is 0 Å². The molecule has 1 amide bonds. The third-order valence-electron chi connectivity index (χ3n) is 3.82. The summed E-state index contributed by atoms with van der Waals surface area (Å²) >= 11 is 5.91. The van der Waals surface area contributed by atoms with Gasteiger partial charge >= 0.3 is 0 Å². The molecule has 1 saturated heterocycles. The Labute approximate surface area is 127 Å². The number of aromatic amines is 1. The molecule has 4 nitrogen and oxygen atoms in total. The van der Waals surface area contributed by atoms with Crippen molar-refractivity contribution in [3.8, 4) is 0 Å². The van der Waals surface area contributed by atoms with E-state index in [1.165, 1.54) is 6.20 Å². The lowest BCUT2D eigenvalue weighted by atomic mass is 10.0. The van der Waals surface area contributed by atoms with Crippen molar-refractivity contribution < 1.29 is 4.79 Å². The van der Waals surface area contributed by atoms with Crippen LogP contribution in [0.15, 0.2) is 47.4 Å². The number of benzene rings is 1. The Morgan fingerprint density at radius 2 is 2.00 bits per heavy atom. The molecule has 1 aliphatic rings. The van der Waals surface area contributed by atoms with Gasteiger partial charge < -0.3 is 9.88 Å². The van der Waals surface area contributed by atoms with Crippen LogP contribution in [0.4, 0.5) is 0 Å². The highest BCUT2D eigenvalue weighted by Crippen LogP contribution is 2.33. The summed E-state index contributed by atoms with van der Waals surface area (Å²) in [5, 5.41) is 0.675. The summed E-state index contributed by atoms with van der Waals surface area (Å²) in [6.07, 6.45) is 3.36. The molecule has 21 heavy (non-hydrogen) atoms. The fourth-order valence-corrected chi connectivity index (χ4v) is 2.91. The van der Waals surface area contributed by atoms with Gasteiger partial charge in [0.25, 0.3) is 11.5 Å². The second kappa shape index (κ2) is 5.74. The van der Waals surface area contributed by atoms with Crippen molar-refractivity contribution >= 4 is 17.5 Å². The van der Waals surface area contributed by atoms with Gasteiger partial charge in [-0.05, 0) is 42.7 Å². The van der Waals surface area contributed by atoms with Crippen LogP contribution in [0.3, 0.4) is 0 Å². The van der Waals surface area contributed by atoms with Gasteiger partial charge in [0.05, 0.1) is 6.04 Å². The molecule has 2 heterocycles. The number of carbonyl (C=O) groups is 1. The maximum Gasteiger partial charge on any atom is 0.260 e. The van der Waals surface area contributed by atoms with Crippen molar-refractivity contribution in [2.75, 3.05) is 6.54 Å². The van der Waals surface area contributed by atoms with Gasteiger partial charge in [0.2, 0.25) is 0 Å². The number of H-pyrrole nitrogens is 1. The van der Waals surface area contributed by atoms with Gasteiger partial charge in [-0.15, -0.1) is 0 Å². The zero-order valence-corrected chi connectivity index (χ0v) is 12.1. The molecule has 3 rings (SSSR count). The van der Waals surface area contributed by atoms with Crippen LogP contribution in [0, 0.1) is 0 Å². The van der Waals surface area contributed by atoms with Crippen LogP contribution in [0.5, 0.6) is 0 Å². The molecule has 1 aromatic carbocycles. The first kappa shape index (κ1) is 13.9. The molecular formula is C16H15ClN2O2. The fraction of sp³-hybridized carbons (Fsp3) is 0.250. The SMILES string of the molecule is O=C(c1ccc[nH]c1=O)N1CCC[C@H]1c1ccc(Cl)cc1. The maximum absolute atomic E-state index is 12.6. The summed E-state index contributed by atoms with van der Waals surface area (Å²) in [4.78, 5) is 28.7. The molecule has 2 aromatic rings. The summed E-state index contributed by atoms with van der Waals surface area (Å²) in [6, 6.07) is 10.8. The topological polar surface area (TPSA) is 53.2 Å². The number of hydrogen-bond donors (Lipinski definition) is 1. The largest absolute Gasteiger partial charge is 0.331 e. The fourth-order valence-electron chi connectivity index (χ4n) is 2.79. The number of halogens is 1. The molecule has 1 aliphatic heterocycles. The van der Waals surface area contributed by atoms with Gasteiger partial charge in [0.15, 0.2) is 0 Å². The van der Waals surface area contributed by atoms with Crippen LogP contribution in [-0.4, -0.2) is 22.3 Å². The third-order valence-corrected chi connectivity index (χ3v) is 4.07. The number of hydrogen-bond acceptors (Lipinski definition) is 2. The molecular weight excluding hydrogens is 288 g/mol. The average molecular weight is 303 g/mol. The van der Waals surface area contributed by atoms with Gasteiger partial charge in [-0.2, -0.15) is 0 Å². The van der Waals surface area contributed by atoms with E-state index in [9.17, 15) is 9.59 Å². The lowest BCUT2D eigenvalue weighted by Crippen LogP contribution is -2.34. The van der Waals surface area contributed by atoms with Crippen LogP contribution in [-0.2, 0) is 0 Å². The van der Waals surface area contributed by atoms with Crippen molar-refractivity contribution in [2.24, 2.45) is 0 Å². The van der Waals surface area contributed by atoms with Crippen molar-refractivity contribution in [1.29, 1.82) is 0 Å². The van der Waals surface area contributed by atoms with E-state index in [2.05, 4.69) is 4.98 Å². The smallest absolute Gasteiger partial charge is 0.260 e. The van der Waals surface area contributed by atoms with Crippen molar-refractivity contribution in [1.82, 2.24) is 9.88 Å². The molecule has 108 valence electrons. The molecule has 0 unspecified atom stereocenters. The van der Waals surface area contributed by atoms with E-state index in [1.54, 1.807) is 17.0 Å². The van der Waals surface area contributed by atoms with Crippen molar-refractivity contribution in [3.05, 3.63) is 69.1 Å². The summed E-state index contributed by atoms with van der Waals surface area (Å²) in [7, 11) is 0. The minimum atomic E-state index is -0.343. The molecule has 1 atom stereocenters. The van der Waals surface area contributed by atoms with Crippen LogP contribution in [0.25, 0.3) is 0 Å². The van der Waals surface area contributed by atoms with E-state index >= 15 is 0 Å². The zero-order valence-electron chi connectivity index (χ0n) is 11.4. The van der Waals surface area contributed by atoms with Crippen LogP contribution < -0.4 is 5.56 Å². The predicted molar refractivity (Wildman–Crippen MR) is 81.5 cm³/mol. The third kappa shape index (κ3) is 2.72. The Kier molecular flexibility index (Phi) is 3.80. The number of pyridine rings is 1. The normalized spacial score (nSPS) is 18.0. The summed E-state index contributed by atoms with van der Waals surface area (Å²) < 4.78 is 0. The number of nitrogens with zero attached hydrogens (tertiary/aromatic N) is 1. The number of amides is 1. The number of likely N-dealkylation sites (tertiary alicyclic amines) is 1. The number of carbonyl (C=O) groups excluding carboxylic acids is 1. The van der Waals surface area contributed by atoms with Crippen molar-refractivity contribution in [2.45, 2.75) is 18.9 Å². The average Bonchev–Trinajstić information content (AvgIpc) is 2.97. The maximum atomic E-state index is 12.6. The summed E-state index contributed by atoms with van der Waals surface area (Å²) in [6.45, 7) is 0.667. The molecule has 0 aliphatic carbocycles. The minimum absolute atomic E-state index is 0.00868. The molecule has 1 fully saturated rings. The van der Waals surface area contributed by atoms with Gasteiger partial charge in [-0.3, -0.25) is 9.59 Å². The highest BCUT2D eigenvalue weighted by molar-refractivity contribution is 6.30. The highest BCUT2D eigenvalue weighted by atomic mass is 35.5. The second-order valence-electron chi connectivity index (χ2n) is 5.12. The number of nitrogens with one attached hydrogen (secondary N) is 1. The zero-order chi connectivity index (χ0) is 14.8. The first-order valence-corrected chi connectivity index (χ1v) is 7.29. The van der Waals surface area contributed by atoms with E-state index in [0.717, 1.165) is 18.4 Å². The van der Waals surface area contributed by atoms with Crippen LogP contribution in [0.2, 0.25) is 5.02 Å². The monoisotopic (exact) mass is 302 g/mol. The minimum Gasteiger partial charge on any atom is -0.331 e. The van der Waals surface area contributed by atoms with Gasteiger partial charge in [0, 0.05) is 17.8 Å². The highest BCUT2D eigenvalue weighted by Gasteiger charge is 2.31. The Balaban J connectivity index is 1.91. The molecule has 5 heteroatoms. The number of rotatable bonds is 2. The summed E-state index contributed by atoms with van der Waals surface area (Å²) in [5.74, 6) is -0.214. The quantitative estimate of drug-likeness (QED) is 0.927. The van der Waals surface area contributed by atoms with E-state index in [-0.39, 0.29) is 23.1 Å². The molecule has 1 aromatic heterocycles. The first-order chi connectivity index (χ1) is 10.2. The second-order valence-corrected chi connectivity index (χ2v) is 5.56. The van der Waals surface area contributed by atoms with Crippen LogP contribution in [0.1, 0.15) is 34.8 Å². The lowest BCUT2D eigenvalue weighted by Gasteiger charge is -2.25. The van der Waals surface area contributed by atoms with E-state index in [1.807, 2.05) is 24.3 Å². The van der Waals surface area contributed by atoms with E-state index in [0.29, 0.717) is 11.6 Å². The molecule has 0 saturated carbocycles. The van der Waals surface area contributed by atoms with Crippen LogP contribution >= 0.6 is 11.6 Å². The van der Waals surface area contributed by atoms with Gasteiger partial charge in [0.1, 0.15) is 5.56 Å². The van der Waals surface area contributed by atoms with E-state index < -0.39 is 0 Å². The Morgan fingerprint density at radius 3 is 2.71 bits per heavy atom. The first-order valence-electron chi connectivity index (χ1n) is 6.91. The lowest BCUT2D eigenvalue weighted by molar-refractivity contribution is 0.0734. The molecule has 0 bridgehead atoms. The standard InChI is InChI=1S/C16H15ClN2O2/c17-12-7-5-11(6-8-12)14-4-2-10-19(14)16(21)13-3-1-9-18-15(13)20/h1,3,5-9,14H,2,4,10H2,(H,18,20)/t14-/m0/s1.